The maximum absolute atomic E-state index is 5.84. The Morgan fingerprint density at radius 1 is 1.60 bits per heavy atom. The molecule has 0 unspecified atom stereocenters. The lowest BCUT2D eigenvalue weighted by atomic mass is 10.4. The lowest BCUT2D eigenvalue weighted by Gasteiger charge is -2.01. The van der Waals surface area contributed by atoms with Crippen molar-refractivity contribution in [2.45, 2.75) is 19.8 Å². The molecule has 0 N–H and O–H groups in total. The van der Waals surface area contributed by atoms with Crippen LogP contribution in [0.2, 0.25) is 0 Å². The first kappa shape index (κ1) is 7.67. The van der Waals surface area contributed by atoms with E-state index >= 15 is 0 Å². The summed E-state index contributed by atoms with van der Waals surface area (Å²) in [5, 5.41) is 0.731. The van der Waals surface area contributed by atoms with E-state index in [9.17, 15) is 0 Å². The van der Waals surface area contributed by atoms with Crippen LogP contribution in [0.3, 0.4) is 0 Å². The summed E-state index contributed by atoms with van der Waals surface area (Å²) in [6.45, 7) is 1.91. The van der Waals surface area contributed by atoms with Crippen molar-refractivity contribution in [3.63, 3.8) is 0 Å². The lowest BCUT2D eigenvalue weighted by molar-refractivity contribution is 0.302. The Balaban J connectivity index is 2.76. The first-order chi connectivity index (χ1) is 4.79. The van der Waals surface area contributed by atoms with Crippen LogP contribution in [-0.2, 0) is 4.74 Å². The molecule has 0 amide bonds. The van der Waals surface area contributed by atoms with Crippen LogP contribution in [0.4, 0.5) is 0 Å². The third-order valence-electron chi connectivity index (χ3n) is 1.50. The average Bonchev–Trinajstić information content (AvgIpc) is 2.73. The van der Waals surface area contributed by atoms with Gasteiger partial charge in [0.15, 0.2) is 0 Å². The Morgan fingerprint density at radius 3 is 2.50 bits per heavy atom. The van der Waals surface area contributed by atoms with E-state index in [2.05, 4.69) is 0 Å². The van der Waals surface area contributed by atoms with Crippen molar-refractivity contribution in [1.82, 2.24) is 0 Å². The van der Waals surface area contributed by atoms with Gasteiger partial charge in [0.25, 0.3) is 0 Å². The molecule has 10 heavy (non-hydrogen) atoms. The van der Waals surface area contributed by atoms with Gasteiger partial charge in [-0.2, -0.15) is 0 Å². The van der Waals surface area contributed by atoms with Gasteiger partial charge >= 0.3 is 0 Å². The van der Waals surface area contributed by atoms with E-state index in [0.717, 1.165) is 23.6 Å². The molecule has 0 radical (unpaired) electrons. The van der Waals surface area contributed by atoms with Gasteiger partial charge in [-0.05, 0) is 25.3 Å². The minimum Gasteiger partial charge on any atom is -0.495 e. The van der Waals surface area contributed by atoms with E-state index in [1.54, 1.807) is 7.11 Å². The molecule has 0 aliphatic heterocycles. The Hall–Kier alpha value is -0.430. The third-order valence-corrected chi connectivity index (χ3v) is 1.89. The monoisotopic (exact) mass is 158 g/mol. The largest absolute Gasteiger partial charge is 0.495 e. The molecule has 0 aromatic heterocycles. The topological polar surface area (TPSA) is 9.23 Å². The molecule has 1 aliphatic rings. The first-order valence-corrected chi connectivity index (χ1v) is 3.75. The summed E-state index contributed by atoms with van der Waals surface area (Å²) in [5.74, 6) is 0.879. The van der Waals surface area contributed by atoms with Crippen LogP contribution < -0.4 is 0 Å². The summed E-state index contributed by atoms with van der Waals surface area (Å²) in [7, 11) is 1.66. The molecule has 1 nitrogen and oxygen atoms in total. The van der Waals surface area contributed by atoms with Gasteiger partial charge in [0.2, 0.25) is 0 Å². The number of rotatable bonds is 2. The van der Waals surface area contributed by atoms with Crippen molar-refractivity contribution in [3.8, 4) is 0 Å². The molecular formula is C8H11ClO. The number of ether oxygens (including phenoxy) is 1. The molecular weight excluding hydrogens is 148 g/mol. The predicted molar refractivity (Wildman–Crippen MR) is 42.9 cm³/mol. The van der Waals surface area contributed by atoms with Crippen LogP contribution in [0.15, 0.2) is 22.4 Å². The molecule has 0 atom stereocenters. The molecule has 0 saturated heterocycles. The first-order valence-electron chi connectivity index (χ1n) is 3.37. The van der Waals surface area contributed by atoms with E-state index in [1.807, 2.05) is 13.0 Å². The minimum absolute atomic E-state index is 0.731. The molecule has 1 aliphatic carbocycles. The van der Waals surface area contributed by atoms with Gasteiger partial charge in [0.05, 0.1) is 12.1 Å². The third kappa shape index (κ3) is 1.54. The SMILES string of the molecule is C/C=C(/Cl)C(OC)=C1CC1. The number of halogens is 1. The number of hydrogen-bond donors (Lipinski definition) is 0. The van der Waals surface area contributed by atoms with Gasteiger partial charge < -0.3 is 4.74 Å². The number of allylic oxidation sites excluding steroid dienone is 3. The summed E-state index contributed by atoms with van der Waals surface area (Å²) in [5.41, 5.74) is 1.34. The van der Waals surface area contributed by atoms with E-state index in [4.69, 9.17) is 16.3 Å². The van der Waals surface area contributed by atoms with Crippen LogP contribution in [0.25, 0.3) is 0 Å². The quantitative estimate of drug-likeness (QED) is 0.562. The molecule has 1 fully saturated rings. The van der Waals surface area contributed by atoms with Crippen molar-refractivity contribution in [1.29, 1.82) is 0 Å². The fraction of sp³-hybridized carbons (Fsp3) is 0.500. The minimum atomic E-state index is 0.731. The molecule has 0 aromatic rings. The van der Waals surface area contributed by atoms with Crippen molar-refractivity contribution >= 4 is 11.6 Å². The lowest BCUT2D eigenvalue weighted by Crippen LogP contribution is -1.85. The van der Waals surface area contributed by atoms with Crippen molar-refractivity contribution in [3.05, 3.63) is 22.4 Å². The summed E-state index contributed by atoms with van der Waals surface area (Å²) >= 11 is 5.84. The zero-order valence-electron chi connectivity index (χ0n) is 6.28. The molecule has 0 heterocycles. The zero-order chi connectivity index (χ0) is 7.56. The second-order valence-electron chi connectivity index (χ2n) is 2.27. The van der Waals surface area contributed by atoms with Crippen LogP contribution >= 0.6 is 11.6 Å². The highest BCUT2D eigenvalue weighted by molar-refractivity contribution is 6.31. The number of methoxy groups -OCH3 is 1. The van der Waals surface area contributed by atoms with Crippen LogP contribution in [0.1, 0.15) is 19.8 Å². The predicted octanol–water partition coefficient (Wildman–Crippen LogP) is 2.82. The van der Waals surface area contributed by atoms with Gasteiger partial charge in [-0.25, -0.2) is 0 Å². The molecule has 0 bridgehead atoms. The highest BCUT2D eigenvalue weighted by Crippen LogP contribution is 2.35. The Bertz CT molecular complexity index is 183. The normalized spacial score (nSPS) is 17.1. The van der Waals surface area contributed by atoms with Crippen LogP contribution in [0, 0.1) is 0 Å². The summed E-state index contributed by atoms with van der Waals surface area (Å²) < 4.78 is 5.11. The Labute approximate surface area is 66.3 Å². The summed E-state index contributed by atoms with van der Waals surface area (Å²) in [6, 6.07) is 0. The second kappa shape index (κ2) is 3.11. The van der Waals surface area contributed by atoms with Crippen LogP contribution in [-0.4, -0.2) is 7.11 Å². The van der Waals surface area contributed by atoms with Gasteiger partial charge in [-0.3, -0.25) is 0 Å². The van der Waals surface area contributed by atoms with Crippen LogP contribution in [0.5, 0.6) is 0 Å². The fourth-order valence-electron chi connectivity index (χ4n) is 0.831. The van der Waals surface area contributed by atoms with Gasteiger partial charge in [-0.15, -0.1) is 0 Å². The fourth-order valence-corrected chi connectivity index (χ4v) is 1.04. The highest BCUT2D eigenvalue weighted by atomic mass is 35.5. The van der Waals surface area contributed by atoms with Gasteiger partial charge in [-0.1, -0.05) is 17.7 Å². The van der Waals surface area contributed by atoms with E-state index < -0.39 is 0 Å². The summed E-state index contributed by atoms with van der Waals surface area (Å²) in [4.78, 5) is 0. The molecule has 2 heteroatoms. The highest BCUT2D eigenvalue weighted by Gasteiger charge is 2.19. The van der Waals surface area contributed by atoms with E-state index in [0.29, 0.717) is 0 Å². The Kier molecular flexibility index (Phi) is 2.39. The van der Waals surface area contributed by atoms with Crippen molar-refractivity contribution in [2.75, 3.05) is 7.11 Å². The smallest absolute Gasteiger partial charge is 0.136 e. The molecule has 0 aromatic carbocycles. The second-order valence-corrected chi connectivity index (χ2v) is 2.68. The molecule has 0 spiro atoms. The van der Waals surface area contributed by atoms with Crippen molar-refractivity contribution in [2.24, 2.45) is 0 Å². The standard InChI is InChI=1S/C8H11ClO/c1-3-7(9)8(10-2)6-4-5-6/h3H,4-5H2,1-2H3/b7-3+. The van der Waals surface area contributed by atoms with Gasteiger partial charge in [0, 0.05) is 0 Å². The van der Waals surface area contributed by atoms with Gasteiger partial charge in [0.1, 0.15) is 5.76 Å². The molecule has 1 rings (SSSR count). The number of hydrogen-bond acceptors (Lipinski definition) is 1. The average molecular weight is 159 g/mol. The molecule has 56 valence electrons. The summed E-state index contributed by atoms with van der Waals surface area (Å²) in [6.07, 6.45) is 4.15. The zero-order valence-corrected chi connectivity index (χ0v) is 7.03. The molecule has 1 saturated carbocycles. The van der Waals surface area contributed by atoms with Crippen molar-refractivity contribution < 1.29 is 4.74 Å². The maximum Gasteiger partial charge on any atom is 0.136 e. The Morgan fingerprint density at radius 2 is 2.20 bits per heavy atom. The van der Waals surface area contributed by atoms with E-state index in [-0.39, 0.29) is 0 Å². The maximum atomic E-state index is 5.84. The van der Waals surface area contributed by atoms with E-state index in [1.165, 1.54) is 5.57 Å².